The van der Waals surface area contributed by atoms with E-state index in [0.717, 1.165) is 19.4 Å². The standard InChI is InChI=1S/C14H22N2O2/c1-9-12(17)15-8-4-5-11(15)13(18)16(9)14(2,3)10-6-7-10/h9-11H,4-8H2,1-3H3. The highest BCUT2D eigenvalue weighted by atomic mass is 16.2. The van der Waals surface area contributed by atoms with Gasteiger partial charge >= 0.3 is 0 Å². The molecule has 2 unspecified atom stereocenters. The van der Waals surface area contributed by atoms with E-state index in [-0.39, 0.29) is 29.4 Å². The van der Waals surface area contributed by atoms with Gasteiger partial charge < -0.3 is 9.80 Å². The molecule has 0 N–H and O–H groups in total. The van der Waals surface area contributed by atoms with E-state index in [1.807, 2.05) is 11.8 Å². The third-order valence-corrected chi connectivity index (χ3v) is 5.00. The maximum Gasteiger partial charge on any atom is 0.246 e. The summed E-state index contributed by atoms with van der Waals surface area (Å²) in [5, 5.41) is 0. The molecule has 18 heavy (non-hydrogen) atoms. The number of carbonyl (C=O) groups is 2. The lowest BCUT2D eigenvalue weighted by Gasteiger charge is -2.49. The Morgan fingerprint density at radius 1 is 1.11 bits per heavy atom. The summed E-state index contributed by atoms with van der Waals surface area (Å²) in [6.45, 7) is 6.89. The molecule has 2 saturated heterocycles. The van der Waals surface area contributed by atoms with Gasteiger partial charge in [-0.1, -0.05) is 0 Å². The van der Waals surface area contributed by atoms with E-state index in [1.54, 1.807) is 4.90 Å². The van der Waals surface area contributed by atoms with Crippen molar-refractivity contribution in [2.45, 2.75) is 64.1 Å². The highest BCUT2D eigenvalue weighted by molar-refractivity contribution is 5.97. The average Bonchev–Trinajstić information content (AvgIpc) is 3.05. The van der Waals surface area contributed by atoms with E-state index >= 15 is 0 Å². The molecule has 0 spiro atoms. The summed E-state index contributed by atoms with van der Waals surface area (Å²) in [7, 11) is 0. The van der Waals surface area contributed by atoms with Crippen LogP contribution in [0.5, 0.6) is 0 Å². The predicted octanol–water partition coefficient (Wildman–Crippen LogP) is 1.40. The van der Waals surface area contributed by atoms with Crippen molar-refractivity contribution < 1.29 is 9.59 Å². The minimum atomic E-state index is -0.289. The van der Waals surface area contributed by atoms with E-state index in [2.05, 4.69) is 13.8 Å². The largest absolute Gasteiger partial charge is 0.329 e. The zero-order valence-corrected chi connectivity index (χ0v) is 11.5. The van der Waals surface area contributed by atoms with Gasteiger partial charge in [0.25, 0.3) is 0 Å². The first kappa shape index (κ1) is 12.0. The fourth-order valence-corrected chi connectivity index (χ4v) is 3.76. The van der Waals surface area contributed by atoms with Crippen molar-refractivity contribution in [1.82, 2.24) is 9.80 Å². The molecule has 2 heterocycles. The van der Waals surface area contributed by atoms with Gasteiger partial charge in [-0.3, -0.25) is 9.59 Å². The van der Waals surface area contributed by atoms with Crippen LogP contribution in [0.2, 0.25) is 0 Å². The van der Waals surface area contributed by atoms with Crippen LogP contribution >= 0.6 is 0 Å². The number of fused-ring (bicyclic) bond motifs is 1. The minimum Gasteiger partial charge on any atom is -0.329 e. The molecule has 0 aromatic rings. The molecule has 1 aliphatic carbocycles. The summed E-state index contributed by atoms with van der Waals surface area (Å²) in [6.07, 6.45) is 4.18. The first-order valence-corrected chi connectivity index (χ1v) is 7.08. The molecule has 2 atom stereocenters. The first-order valence-electron chi connectivity index (χ1n) is 7.08. The van der Waals surface area contributed by atoms with Crippen LogP contribution in [0.25, 0.3) is 0 Å². The fraction of sp³-hybridized carbons (Fsp3) is 0.857. The maximum absolute atomic E-state index is 12.7. The van der Waals surface area contributed by atoms with Gasteiger partial charge in [-0.05, 0) is 52.4 Å². The van der Waals surface area contributed by atoms with Gasteiger partial charge in [0, 0.05) is 12.1 Å². The van der Waals surface area contributed by atoms with Crippen molar-refractivity contribution in [2.75, 3.05) is 6.54 Å². The Labute approximate surface area is 108 Å². The molecule has 1 saturated carbocycles. The van der Waals surface area contributed by atoms with Crippen LogP contribution in [0, 0.1) is 5.92 Å². The first-order chi connectivity index (χ1) is 8.44. The van der Waals surface area contributed by atoms with Gasteiger partial charge in [0.15, 0.2) is 0 Å². The van der Waals surface area contributed by atoms with Crippen LogP contribution < -0.4 is 0 Å². The van der Waals surface area contributed by atoms with Crippen LogP contribution in [0.1, 0.15) is 46.5 Å². The predicted molar refractivity (Wildman–Crippen MR) is 67.8 cm³/mol. The van der Waals surface area contributed by atoms with Crippen LogP contribution in [0.4, 0.5) is 0 Å². The molecule has 2 amide bonds. The SMILES string of the molecule is CC1C(=O)N2CCCC2C(=O)N1C(C)(C)C1CC1. The van der Waals surface area contributed by atoms with E-state index in [1.165, 1.54) is 12.8 Å². The molecule has 3 aliphatic rings. The highest BCUT2D eigenvalue weighted by Gasteiger charge is 2.54. The number of hydrogen-bond donors (Lipinski definition) is 0. The Kier molecular flexibility index (Phi) is 2.48. The Hall–Kier alpha value is -1.06. The lowest BCUT2D eigenvalue weighted by molar-refractivity contribution is -0.165. The van der Waals surface area contributed by atoms with Crippen LogP contribution in [0.15, 0.2) is 0 Å². The van der Waals surface area contributed by atoms with Crippen molar-refractivity contribution in [1.29, 1.82) is 0 Å². The second-order valence-corrected chi connectivity index (χ2v) is 6.50. The Morgan fingerprint density at radius 3 is 2.39 bits per heavy atom. The van der Waals surface area contributed by atoms with Crippen molar-refractivity contribution in [3.63, 3.8) is 0 Å². The third kappa shape index (κ3) is 1.50. The van der Waals surface area contributed by atoms with Gasteiger partial charge in [-0.25, -0.2) is 0 Å². The van der Waals surface area contributed by atoms with Crippen LogP contribution in [-0.4, -0.2) is 45.8 Å². The molecule has 3 rings (SSSR count). The van der Waals surface area contributed by atoms with Crippen LogP contribution in [-0.2, 0) is 9.59 Å². The number of piperazine rings is 1. The smallest absolute Gasteiger partial charge is 0.246 e. The maximum atomic E-state index is 12.7. The van der Waals surface area contributed by atoms with Gasteiger partial charge in [-0.2, -0.15) is 0 Å². The highest BCUT2D eigenvalue weighted by Crippen LogP contribution is 2.45. The quantitative estimate of drug-likeness (QED) is 0.743. The molecule has 0 radical (unpaired) electrons. The Balaban J connectivity index is 1.93. The summed E-state index contributed by atoms with van der Waals surface area (Å²) in [4.78, 5) is 28.7. The van der Waals surface area contributed by atoms with E-state index in [4.69, 9.17) is 0 Å². The normalized spacial score (nSPS) is 33.1. The van der Waals surface area contributed by atoms with E-state index in [9.17, 15) is 9.59 Å². The summed E-state index contributed by atoms with van der Waals surface area (Å²) >= 11 is 0. The summed E-state index contributed by atoms with van der Waals surface area (Å²) in [6, 6.07) is -0.464. The number of amides is 2. The van der Waals surface area contributed by atoms with E-state index < -0.39 is 0 Å². The number of carbonyl (C=O) groups excluding carboxylic acids is 2. The van der Waals surface area contributed by atoms with Crippen molar-refractivity contribution >= 4 is 11.8 Å². The van der Waals surface area contributed by atoms with Crippen molar-refractivity contribution in [3.8, 4) is 0 Å². The molecule has 0 bridgehead atoms. The van der Waals surface area contributed by atoms with Gasteiger partial charge in [0.05, 0.1) is 0 Å². The number of rotatable bonds is 2. The molecular weight excluding hydrogens is 228 g/mol. The molecule has 0 aromatic carbocycles. The summed E-state index contributed by atoms with van der Waals surface area (Å²) in [5.41, 5.74) is -0.166. The van der Waals surface area contributed by atoms with Gasteiger partial charge in [0.2, 0.25) is 11.8 Å². The molecule has 2 aliphatic heterocycles. The molecular formula is C14H22N2O2. The van der Waals surface area contributed by atoms with E-state index in [0.29, 0.717) is 5.92 Å². The van der Waals surface area contributed by atoms with Crippen molar-refractivity contribution in [3.05, 3.63) is 0 Å². The number of nitrogens with zero attached hydrogens (tertiary/aromatic N) is 2. The second-order valence-electron chi connectivity index (χ2n) is 6.50. The fourth-order valence-electron chi connectivity index (χ4n) is 3.76. The third-order valence-electron chi connectivity index (χ3n) is 5.00. The molecule has 4 heteroatoms. The summed E-state index contributed by atoms with van der Waals surface area (Å²) < 4.78 is 0. The van der Waals surface area contributed by atoms with Gasteiger partial charge in [-0.15, -0.1) is 0 Å². The molecule has 0 aromatic heterocycles. The van der Waals surface area contributed by atoms with Gasteiger partial charge in [0.1, 0.15) is 12.1 Å². The number of hydrogen-bond acceptors (Lipinski definition) is 2. The Morgan fingerprint density at radius 2 is 1.78 bits per heavy atom. The molecule has 3 fully saturated rings. The lowest BCUT2D eigenvalue weighted by Crippen LogP contribution is -2.67. The monoisotopic (exact) mass is 250 g/mol. The second kappa shape index (κ2) is 3.72. The minimum absolute atomic E-state index is 0.144. The zero-order valence-electron chi connectivity index (χ0n) is 11.5. The summed E-state index contributed by atoms with van der Waals surface area (Å²) in [5.74, 6) is 0.895. The lowest BCUT2D eigenvalue weighted by atomic mass is 9.91. The van der Waals surface area contributed by atoms with Crippen LogP contribution in [0.3, 0.4) is 0 Å². The zero-order chi connectivity index (χ0) is 13.1. The molecule has 100 valence electrons. The average molecular weight is 250 g/mol. The topological polar surface area (TPSA) is 40.6 Å². The molecule has 4 nitrogen and oxygen atoms in total. The Bertz CT molecular complexity index is 401. The van der Waals surface area contributed by atoms with Crippen molar-refractivity contribution in [2.24, 2.45) is 5.92 Å².